The second kappa shape index (κ2) is 13.1. The van der Waals surface area contributed by atoms with Crippen molar-refractivity contribution in [3.8, 4) is 16.9 Å². The number of hydrogen-bond donors (Lipinski definition) is 1. The van der Waals surface area contributed by atoms with Crippen LogP contribution in [-0.2, 0) is 20.0 Å². The van der Waals surface area contributed by atoms with E-state index in [9.17, 15) is 14.7 Å². The molecule has 0 radical (unpaired) electrons. The number of carboxylic acid groups (broad SMARTS) is 1. The number of halogens is 2. The van der Waals surface area contributed by atoms with E-state index in [1.165, 1.54) is 0 Å². The number of hydrogen-bond acceptors (Lipinski definition) is 6. The molecule has 1 N–H and O–H groups in total. The predicted molar refractivity (Wildman–Crippen MR) is 196 cm³/mol. The van der Waals surface area contributed by atoms with Crippen LogP contribution in [0.2, 0.25) is 10.0 Å². The number of aryl methyl sites for hydroxylation is 7. The van der Waals surface area contributed by atoms with E-state index in [-0.39, 0.29) is 11.5 Å². The third-order valence-corrected chi connectivity index (χ3v) is 10.5. The molecule has 0 saturated heterocycles. The zero-order valence-electron chi connectivity index (χ0n) is 28.5. The zero-order chi connectivity index (χ0) is 35.4. The average Bonchev–Trinajstić information content (AvgIpc) is 3.54. The van der Waals surface area contributed by atoms with Gasteiger partial charge in [-0.15, -0.1) is 0 Å². The third kappa shape index (κ3) is 5.66. The molecule has 12 heteroatoms. The van der Waals surface area contributed by atoms with E-state index >= 15 is 0 Å². The largest absolute Gasteiger partial charge is 0.494 e. The first-order valence-electron chi connectivity index (χ1n) is 16.5. The molecule has 3 aromatic heterocycles. The summed E-state index contributed by atoms with van der Waals surface area (Å²) in [6.07, 6.45) is 4.90. The topological polar surface area (TPSA) is 115 Å². The number of rotatable bonds is 8. The minimum atomic E-state index is -1.08. The van der Waals surface area contributed by atoms with Crippen LogP contribution in [0.1, 0.15) is 61.8 Å². The molecule has 0 fully saturated rings. The summed E-state index contributed by atoms with van der Waals surface area (Å²) >= 11 is 13.4. The SMILES string of the molecule is Cc1cc(OCCCc2c3n(c4c(-c5c(C)ncnc5C)c(Cl)ccc24)CCCN(c2cc(C(=O)O)c4cnn(C)c4c2)C3=O)cc(C)c1Cl. The zero-order valence-corrected chi connectivity index (χ0v) is 30.0. The maximum atomic E-state index is 14.9. The number of amides is 1. The summed E-state index contributed by atoms with van der Waals surface area (Å²) in [4.78, 5) is 38.0. The van der Waals surface area contributed by atoms with Crippen LogP contribution in [0.4, 0.5) is 5.69 Å². The highest BCUT2D eigenvalue weighted by atomic mass is 35.5. The Morgan fingerprint density at radius 2 is 1.68 bits per heavy atom. The van der Waals surface area contributed by atoms with Crippen molar-refractivity contribution in [1.82, 2.24) is 24.3 Å². The number of aromatic nitrogens is 5. The van der Waals surface area contributed by atoms with E-state index in [1.807, 2.05) is 58.0 Å². The van der Waals surface area contributed by atoms with Gasteiger partial charge in [-0.05, 0) is 94.0 Å². The summed E-state index contributed by atoms with van der Waals surface area (Å²) in [5, 5.41) is 17.1. The van der Waals surface area contributed by atoms with Crippen molar-refractivity contribution < 1.29 is 19.4 Å². The van der Waals surface area contributed by atoms with Gasteiger partial charge in [-0.2, -0.15) is 5.10 Å². The standard InChI is InChI=1S/C38H36Cl2N6O4/c1-20-14-25(15-21(2)34(20)40)50-13-6-8-26-27-9-10-30(39)33(32-22(3)41-19-42-23(32)4)35(27)46-12-7-11-45(37(47)36(26)46)24-16-28(38(48)49)29-18-43-44(5)31(29)17-24/h9-10,14-19H,6-8,11-13H2,1-5H3,(H,48,49). The maximum absolute atomic E-state index is 14.9. The van der Waals surface area contributed by atoms with Crippen molar-refractivity contribution in [2.45, 2.75) is 53.5 Å². The molecule has 10 nitrogen and oxygen atoms in total. The van der Waals surface area contributed by atoms with Crippen LogP contribution in [0.25, 0.3) is 32.9 Å². The number of nitrogens with zero attached hydrogens (tertiary/aromatic N) is 6. The Kier molecular flexibility index (Phi) is 8.78. The fourth-order valence-electron chi connectivity index (χ4n) is 7.26. The highest BCUT2D eigenvalue weighted by Crippen LogP contribution is 2.43. The lowest BCUT2D eigenvalue weighted by molar-refractivity contribution is 0.0698. The van der Waals surface area contributed by atoms with Gasteiger partial charge in [-0.3, -0.25) is 9.48 Å². The number of anilines is 1. The van der Waals surface area contributed by atoms with Crippen molar-refractivity contribution in [1.29, 1.82) is 0 Å². The molecule has 256 valence electrons. The Bertz CT molecular complexity index is 2320. The van der Waals surface area contributed by atoms with Crippen molar-refractivity contribution in [2.24, 2.45) is 7.05 Å². The van der Waals surface area contributed by atoms with Crippen LogP contribution in [0, 0.1) is 27.7 Å². The molecule has 1 amide bonds. The monoisotopic (exact) mass is 710 g/mol. The molecule has 0 atom stereocenters. The number of carbonyl (C=O) groups is 2. The van der Waals surface area contributed by atoms with Gasteiger partial charge in [0.15, 0.2) is 0 Å². The van der Waals surface area contributed by atoms with Crippen LogP contribution in [0.5, 0.6) is 5.75 Å². The molecule has 0 spiro atoms. The number of ether oxygens (including phenoxy) is 1. The molecular weight excluding hydrogens is 675 g/mol. The highest BCUT2D eigenvalue weighted by Gasteiger charge is 2.33. The van der Waals surface area contributed by atoms with Crippen LogP contribution >= 0.6 is 23.2 Å². The molecule has 1 aliphatic heterocycles. The van der Waals surface area contributed by atoms with E-state index in [2.05, 4.69) is 19.6 Å². The number of fused-ring (bicyclic) bond motifs is 4. The maximum Gasteiger partial charge on any atom is 0.336 e. The average molecular weight is 712 g/mol. The summed E-state index contributed by atoms with van der Waals surface area (Å²) in [6.45, 7) is 9.15. The fourth-order valence-corrected chi connectivity index (χ4v) is 7.62. The van der Waals surface area contributed by atoms with Gasteiger partial charge in [0.1, 0.15) is 17.8 Å². The van der Waals surface area contributed by atoms with E-state index in [1.54, 1.807) is 35.2 Å². The Labute approximate surface area is 299 Å². The second-order valence-electron chi connectivity index (χ2n) is 12.8. The molecule has 50 heavy (non-hydrogen) atoms. The van der Waals surface area contributed by atoms with Gasteiger partial charge in [-0.25, -0.2) is 14.8 Å². The minimum absolute atomic E-state index is 0.0948. The van der Waals surface area contributed by atoms with Gasteiger partial charge >= 0.3 is 5.97 Å². The first-order valence-corrected chi connectivity index (χ1v) is 17.2. The first kappa shape index (κ1) is 33.6. The quantitative estimate of drug-likeness (QED) is 0.158. The van der Waals surface area contributed by atoms with Gasteiger partial charge < -0.3 is 19.3 Å². The summed E-state index contributed by atoms with van der Waals surface area (Å²) in [6, 6.07) is 11.1. The molecule has 1 aliphatic rings. The fraction of sp³-hybridized carbons (Fsp3) is 0.289. The molecule has 0 aliphatic carbocycles. The van der Waals surface area contributed by atoms with E-state index in [0.29, 0.717) is 66.3 Å². The lowest BCUT2D eigenvalue weighted by Crippen LogP contribution is -2.32. The van der Waals surface area contributed by atoms with Gasteiger partial charge in [0, 0.05) is 64.1 Å². The molecule has 0 bridgehead atoms. The number of carbonyl (C=O) groups excluding carboxylic acids is 1. The minimum Gasteiger partial charge on any atom is -0.494 e. The summed E-state index contributed by atoms with van der Waals surface area (Å²) in [5.41, 5.74) is 8.64. The Hall–Kier alpha value is -4.93. The van der Waals surface area contributed by atoms with E-state index < -0.39 is 5.97 Å². The number of aromatic carboxylic acids is 1. The number of benzene rings is 3. The summed E-state index contributed by atoms with van der Waals surface area (Å²) in [7, 11) is 1.76. The Morgan fingerprint density at radius 3 is 2.38 bits per heavy atom. The van der Waals surface area contributed by atoms with Crippen molar-refractivity contribution in [3.05, 3.63) is 98.3 Å². The van der Waals surface area contributed by atoms with E-state index in [0.717, 1.165) is 60.9 Å². The normalized spacial score (nSPS) is 13.3. The number of carboxylic acids is 1. The summed E-state index contributed by atoms with van der Waals surface area (Å²) < 4.78 is 9.90. The van der Waals surface area contributed by atoms with Crippen molar-refractivity contribution >= 4 is 62.6 Å². The van der Waals surface area contributed by atoms with Gasteiger partial charge in [0.05, 0.1) is 34.4 Å². The van der Waals surface area contributed by atoms with Crippen molar-refractivity contribution in [2.75, 3.05) is 18.1 Å². The molecule has 7 rings (SSSR count). The molecule has 6 aromatic rings. The third-order valence-electron chi connectivity index (χ3n) is 9.61. The second-order valence-corrected chi connectivity index (χ2v) is 13.6. The molecule has 0 unspecified atom stereocenters. The Balaban J connectivity index is 1.37. The molecule has 0 saturated carbocycles. The summed E-state index contributed by atoms with van der Waals surface area (Å²) in [5.74, 6) is -0.546. The van der Waals surface area contributed by atoms with Crippen molar-refractivity contribution in [3.63, 3.8) is 0 Å². The lowest BCUT2D eigenvalue weighted by Gasteiger charge is -2.22. The predicted octanol–water partition coefficient (Wildman–Crippen LogP) is 8.29. The van der Waals surface area contributed by atoms with Crippen LogP contribution in [-0.4, -0.2) is 54.5 Å². The van der Waals surface area contributed by atoms with Crippen LogP contribution in [0.3, 0.4) is 0 Å². The van der Waals surface area contributed by atoms with E-state index in [4.69, 9.17) is 27.9 Å². The molecular formula is C38H36Cl2N6O4. The van der Waals surface area contributed by atoms with Crippen LogP contribution in [0.15, 0.2) is 48.9 Å². The smallest absolute Gasteiger partial charge is 0.336 e. The lowest BCUT2D eigenvalue weighted by atomic mass is 9.97. The van der Waals surface area contributed by atoms with Gasteiger partial charge in [0.25, 0.3) is 5.91 Å². The van der Waals surface area contributed by atoms with Gasteiger partial charge in [-0.1, -0.05) is 29.3 Å². The molecule has 4 heterocycles. The first-order chi connectivity index (χ1) is 24.0. The Morgan fingerprint density at radius 1 is 0.960 bits per heavy atom. The molecule has 3 aromatic carbocycles. The highest BCUT2D eigenvalue weighted by molar-refractivity contribution is 6.35. The van der Waals surface area contributed by atoms with Crippen LogP contribution < -0.4 is 9.64 Å². The van der Waals surface area contributed by atoms with Gasteiger partial charge in [0.2, 0.25) is 0 Å².